The lowest BCUT2D eigenvalue weighted by Crippen LogP contribution is -2.16. The number of aryl methyl sites for hydroxylation is 2. The molecule has 0 aliphatic heterocycles. The normalized spacial score (nSPS) is 17.9. The molecule has 28 heavy (non-hydrogen) atoms. The molecule has 6 heteroatoms. The van der Waals surface area contributed by atoms with Crippen molar-refractivity contribution in [3.63, 3.8) is 0 Å². The first-order valence-corrected chi connectivity index (χ1v) is 11.7. The average molecular weight is 409 g/mol. The maximum absolute atomic E-state index is 12.1. The second-order valence-corrected chi connectivity index (χ2v) is 9.62. The van der Waals surface area contributed by atoms with E-state index < -0.39 is 26.5 Å². The fraction of sp³-hybridized carbons (Fsp3) is 0.682. The molecule has 1 fully saturated rings. The van der Waals surface area contributed by atoms with Crippen LogP contribution in [0.25, 0.3) is 0 Å². The van der Waals surface area contributed by atoms with Crippen LogP contribution in [0.15, 0.2) is 12.1 Å². The fourth-order valence-electron chi connectivity index (χ4n) is 4.41. The number of carboxylic acid groups (broad SMARTS) is 1. The molecule has 0 amide bonds. The molecule has 3 atom stereocenters. The van der Waals surface area contributed by atoms with Crippen LogP contribution in [-0.4, -0.2) is 35.1 Å². The van der Waals surface area contributed by atoms with Crippen molar-refractivity contribution in [3.8, 4) is 0 Å². The van der Waals surface area contributed by atoms with Gasteiger partial charge < -0.3 is 10.2 Å². The summed E-state index contributed by atoms with van der Waals surface area (Å²) in [6.07, 6.45) is 5.98. The Morgan fingerprint density at radius 2 is 1.93 bits per heavy atom. The molecule has 2 rings (SSSR count). The van der Waals surface area contributed by atoms with Gasteiger partial charge in [0.2, 0.25) is 6.16 Å². The number of hydrogen-bond acceptors (Lipinski definition) is 4. The standard InChI is InChI=1S/C22H33O5P/c1-15-9-16(2)22(19(10-15)11-18-7-5-4-6-8-18)17(3)13-27-28(26)14-20(23)12-21(24)25/h9-10,17-18,20,23H,4-8,11-14H2,1-3H3/p+1/t17?,20-/m0/s1. The van der Waals surface area contributed by atoms with Crippen molar-refractivity contribution < 1.29 is 24.1 Å². The Morgan fingerprint density at radius 1 is 1.25 bits per heavy atom. The molecule has 0 saturated heterocycles. The Morgan fingerprint density at radius 3 is 2.57 bits per heavy atom. The molecule has 0 spiro atoms. The highest BCUT2D eigenvalue weighted by Gasteiger charge is 2.27. The first kappa shape index (κ1) is 23.0. The minimum atomic E-state index is -2.08. The van der Waals surface area contributed by atoms with Crippen molar-refractivity contribution in [2.45, 2.75) is 77.7 Å². The topological polar surface area (TPSA) is 83.8 Å². The highest BCUT2D eigenvalue weighted by molar-refractivity contribution is 7.39. The molecule has 156 valence electrons. The molecule has 5 nitrogen and oxygen atoms in total. The summed E-state index contributed by atoms with van der Waals surface area (Å²) in [5.74, 6) is -0.272. The van der Waals surface area contributed by atoms with Gasteiger partial charge in [0.05, 0.1) is 6.42 Å². The number of carbonyl (C=O) groups is 1. The zero-order valence-electron chi connectivity index (χ0n) is 17.3. The largest absolute Gasteiger partial charge is 0.510 e. The second-order valence-electron chi connectivity index (χ2n) is 8.33. The van der Waals surface area contributed by atoms with E-state index in [1.54, 1.807) is 0 Å². The van der Waals surface area contributed by atoms with Crippen molar-refractivity contribution in [2.75, 3.05) is 12.8 Å². The molecule has 1 aromatic carbocycles. The van der Waals surface area contributed by atoms with E-state index in [4.69, 9.17) is 9.63 Å². The van der Waals surface area contributed by atoms with E-state index in [9.17, 15) is 14.5 Å². The van der Waals surface area contributed by atoms with Gasteiger partial charge in [0.1, 0.15) is 12.7 Å². The van der Waals surface area contributed by atoms with E-state index in [1.807, 2.05) is 0 Å². The summed E-state index contributed by atoms with van der Waals surface area (Å²) < 4.78 is 17.6. The zero-order chi connectivity index (χ0) is 20.7. The highest BCUT2D eigenvalue weighted by atomic mass is 31.1. The number of aliphatic carboxylic acids is 1. The number of hydrogen-bond donors (Lipinski definition) is 2. The predicted octanol–water partition coefficient (Wildman–Crippen LogP) is 5.12. The van der Waals surface area contributed by atoms with E-state index in [-0.39, 0.29) is 12.1 Å². The average Bonchev–Trinajstić information content (AvgIpc) is 2.59. The third kappa shape index (κ3) is 7.27. The minimum absolute atomic E-state index is 0.0924. The number of rotatable bonds is 10. The van der Waals surface area contributed by atoms with Crippen LogP contribution >= 0.6 is 8.03 Å². The van der Waals surface area contributed by atoms with Gasteiger partial charge in [0.15, 0.2) is 0 Å². The number of benzene rings is 1. The Hall–Kier alpha value is -1.29. The first-order chi connectivity index (χ1) is 13.3. The summed E-state index contributed by atoms with van der Waals surface area (Å²) in [4.78, 5) is 10.6. The summed E-state index contributed by atoms with van der Waals surface area (Å²) in [6.45, 7) is 6.64. The lowest BCUT2D eigenvalue weighted by molar-refractivity contribution is -0.138. The second kappa shape index (κ2) is 11.0. The van der Waals surface area contributed by atoms with Crippen molar-refractivity contribution in [2.24, 2.45) is 5.92 Å². The predicted molar refractivity (Wildman–Crippen MR) is 111 cm³/mol. The number of aliphatic hydroxyl groups is 1. The third-order valence-electron chi connectivity index (χ3n) is 5.58. The molecule has 0 radical (unpaired) electrons. The van der Waals surface area contributed by atoms with Crippen LogP contribution in [0.1, 0.15) is 73.6 Å². The van der Waals surface area contributed by atoms with Gasteiger partial charge in [0, 0.05) is 5.92 Å². The van der Waals surface area contributed by atoms with Gasteiger partial charge in [-0.3, -0.25) is 4.79 Å². The number of carboxylic acids is 1. The molecule has 0 heterocycles. The van der Waals surface area contributed by atoms with Crippen LogP contribution in [0.4, 0.5) is 0 Å². The van der Waals surface area contributed by atoms with Crippen LogP contribution < -0.4 is 0 Å². The van der Waals surface area contributed by atoms with Gasteiger partial charge in [-0.05, 0) is 47.4 Å². The SMILES string of the molecule is Cc1cc(C)c(C(C)CO[P+](=O)C[C@@H](O)CC(=O)O)c(CC2CCCCC2)c1. The Kier molecular flexibility index (Phi) is 9.07. The van der Waals surface area contributed by atoms with E-state index in [0.717, 1.165) is 12.3 Å². The van der Waals surface area contributed by atoms with Crippen LogP contribution in [0, 0.1) is 19.8 Å². The molecular formula is C22H34O5P+. The highest BCUT2D eigenvalue weighted by Crippen LogP contribution is 2.34. The summed E-state index contributed by atoms with van der Waals surface area (Å²) >= 11 is 0. The molecule has 1 aromatic rings. The third-order valence-corrected chi connectivity index (χ3v) is 6.74. The quantitative estimate of drug-likeness (QED) is 0.524. The van der Waals surface area contributed by atoms with Crippen molar-refractivity contribution >= 4 is 14.0 Å². The lowest BCUT2D eigenvalue weighted by atomic mass is 9.81. The fourth-order valence-corrected chi connectivity index (χ4v) is 5.38. The van der Waals surface area contributed by atoms with Gasteiger partial charge in [-0.15, -0.1) is 4.52 Å². The Bertz CT molecular complexity index is 682. The molecule has 1 saturated carbocycles. The maximum atomic E-state index is 12.1. The van der Waals surface area contributed by atoms with Crippen molar-refractivity contribution in [1.29, 1.82) is 0 Å². The van der Waals surface area contributed by atoms with Gasteiger partial charge >= 0.3 is 14.0 Å². The molecule has 0 bridgehead atoms. The van der Waals surface area contributed by atoms with E-state index in [1.165, 1.54) is 54.4 Å². The summed E-state index contributed by atoms with van der Waals surface area (Å²) in [5, 5.41) is 18.3. The van der Waals surface area contributed by atoms with Gasteiger partial charge in [-0.2, -0.15) is 0 Å². The van der Waals surface area contributed by atoms with Gasteiger partial charge in [-0.1, -0.05) is 56.7 Å². The molecule has 1 aliphatic carbocycles. The van der Waals surface area contributed by atoms with Crippen molar-refractivity contribution in [3.05, 3.63) is 34.4 Å². The summed E-state index contributed by atoms with van der Waals surface area (Å²) in [7, 11) is -2.08. The smallest absolute Gasteiger partial charge is 0.481 e. The number of aliphatic hydroxyl groups excluding tert-OH is 1. The molecule has 0 aromatic heterocycles. The minimum Gasteiger partial charge on any atom is -0.481 e. The van der Waals surface area contributed by atoms with Crippen LogP contribution in [-0.2, 0) is 20.3 Å². The molecular weight excluding hydrogens is 375 g/mol. The monoisotopic (exact) mass is 409 g/mol. The molecule has 2 N–H and O–H groups in total. The van der Waals surface area contributed by atoms with Crippen LogP contribution in [0.2, 0.25) is 0 Å². The van der Waals surface area contributed by atoms with E-state index >= 15 is 0 Å². The Labute approximate surface area is 169 Å². The lowest BCUT2D eigenvalue weighted by Gasteiger charge is -2.25. The van der Waals surface area contributed by atoms with Gasteiger partial charge in [-0.25, -0.2) is 0 Å². The van der Waals surface area contributed by atoms with E-state index in [0.29, 0.717) is 6.61 Å². The maximum Gasteiger partial charge on any atom is 0.510 e. The zero-order valence-corrected chi connectivity index (χ0v) is 18.2. The Balaban J connectivity index is 2.01. The van der Waals surface area contributed by atoms with Crippen LogP contribution in [0.3, 0.4) is 0 Å². The molecule has 1 aliphatic rings. The van der Waals surface area contributed by atoms with Crippen LogP contribution in [0.5, 0.6) is 0 Å². The molecule has 2 unspecified atom stereocenters. The van der Waals surface area contributed by atoms with Gasteiger partial charge in [0.25, 0.3) is 0 Å². The summed E-state index contributed by atoms with van der Waals surface area (Å²) in [5.41, 5.74) is 5.17. The first-order valence-electron chi connectivity index (χ1n) is 10.3. The summed E-state index contributed by atoms with van der Waals surface area (Å²) in [6, 6.07) is 4.47. The van der Waals surface area contributed by atoms with E-state index in [2.05, 4.69) is 32.9 Å². The van der Waals surface area contributed by atoms with Crippen molar-refractivity contribution in [1.82, 2.24) is 0 Å².